The van der Waals surface area contributed by atoms with E-state index in [1.807, 2.05) is 6.92 Å². The molecule has 1 aliphatic carbocycles. The Balaban J connectivity index is 2.07. The van der Waals surface area contributed by atoms with Crippen molar-refractivity contribution in [3.8, 4) is 0 Å². The number of rotatable bonds is 2. The molecule has 0 aliphatic heterocycles. The third-order valence-corrected chi connectivity index (χ3v) is 2.59. The highest BCUT2D eigenvalue weighted by Crippen LogP contribution is 2.23. The number of anilines is 2. The van der Waals surface area contributed by atoms with Crippen LogP contribution in [-0.2, 0) is 0 Å². The van der Waals surface area contributed by atoms with Gasteiger partial charge in [-0.05, 0) is 37.8 Å². The molecule has 0 amide bonds. The van der Waals surface area contributed by atoms with E-state index < -0.39 is 0 Å². The molecule has 0 radical (unpaired) electrons. The molecule has 0 bridgehead atoms. The van der Waals surface area contributed by atoms with Gasteiger partial charge in [-0.1, -0.05) is 0 Å². The van der Waals surface area contributed by atoms with Gasteiger partial charge >= 0.3 is 0 Å². The Labute approximate surface area is 78.4 Å². The van der Waals surface area contributed by atoms with E-state index in [0.29, 0.717) is 11.9 Å². The molecule has 1 saturated carbocycles. The second kappa shape index (κ2) is 3.24. The molecule has 1 aromatic heterocycles. The van der Waals surface area contributed by atoms with Gasteiger partial charge in [0.25, 0.3) is 0 Å². The molecular formula is C10H15N3. The van der Waals surface area contributed by atoms with Crippen molar-refractivity contribution < 1.29 is 0 Å². The van der Waals surface area contributed by atoms with Gasteiger partial charge in [0.2, 0.25) is 0 Å². The van der Waals surface area contributed by atoms with Crippen molar-refractivity contribution in [3.05, 3.63) is 17.8 Å². The summed E-state index contributed by atoms with van der Waals surface area (Å²) in [7, 11) is 0. The second-order valence-corrected chi connectivity index (χ2v) is 3.70. The lowest BCUT2D eigenvalue weighted by molar-refractivity contribution is 0.445. The first-order valence-corrected chi connectivity index (χ1v) is 4.74. The molecule has 3 N–H and O–H groups in total. The molecule has 2 rings (SSSR count). The Kier molecular flexibility index (Phi) is 2.08. The summed E-state index contributed by atoms with van der Waals surface area (Å²) in [6.07, 6.45) is 5.71. The van der Waals surface area contributed by atoms with Crippen molar-refractivity contribution in [1.82, 2.24) is 4.98 Å². The molecule has 1 aliphatic rings. The van der Waals surface area contributed by atoms with Crippen LogP contribution in [0, 0.1) is 6.92 Å². The fraction of sp³-hybridized carbons (Fsp3) is 0.500. The largest absolute Gasteiger partial charge is 0.383 e. The molecule has 1 fully saturated rings. The number of pyridine rings is 1. The molecule has 1 heterocycles. The van der Waals surface area contributed by atoms with Crippen molar-refractivity contribution in [2.24, 2.45) is 0 Å². The molecule has 0 atom stereocenters. The Hall–Kier alpha value is -1.25. The highest BCUT2D eigenvalue weighted by Gasteiger charge is 2.16. The average Bonchev–Trinajstić information content (AvgIpc) is 2.04. The van der Waals surface area contributed by atoms with Gasteiger partial charge in [-0.15, -0.1) is 0 Å². The van der Waals surface area contributed by atoms with E-state index >= 15 is 0 Å². The molecule has 0 spiro atoms. The fourth-order valence-electron chi connectivity index (χ4n) is 1.45. The van der Waals surface area contributed by atoms with Gasteiger partial charge in [0.15, 0.2) is 0 Å². The van der Waals surface area contributed by atoms with E-state index in [4.69, 9.17) is 5.73 Å². The number of aromatic nitrogens is 1. The topological polar surface area (TPSA) is 50.9 Å². The Morgan fingerprint density at radius 1 is 1.54 bits per heavy atom. The van der Waals surface area contributed by atoms with Crippen LogP contribution in [0.15, 0.2) is 12.3 Å². The molecule has 3 heteroatoms. The van der Waals surface area contributed by atoms with Gasteiger partial charge in [0, 0.05) is 6.04 Å². The van der Waals surface area contributed by atoms with Crippen LogP contribution in [0.4, 0.5) is 11.5 Å². The number of nitrogens with two attached hydrogens (primary N) is 1. The number of hydrogen-bond acceptors (Lipinski definition) is 3. The summed E-state index contributed by atoms with van der Waals surface area (Å²) in [4.78, 5) is 4.11. The summed E-state index contributed by atoms with van der Waals surface area (Å²) in [5.74, 6) is 0.624. The summed E-state index contributed by atoms with van der Waals surface area (Å²) in [5, 5.41) is 3.43. The maximum atomic E-state index is 5.63. The van der Waals surface area contributed by atoms with Crippen LogP contribution in [0.1, 0.15) is 24.8 Å². The first-order chi connectivity index (χ1) is 6.25. The van der Waals surface area contributed by atoms with E-state index in [-0.39, 0.29) is 0 Å². The zero-order valence-electron chi connectivity index (χ0n) is 7.88. The number of nitrogen functional groups attached to an aromatic ring is 1. The quantitative estimate of drug-likeness (QED) is 0.725. The third kappa shape index (κ3) is 1.74. The van der Waals surface area contributed by atoms with Crippen molar-refractivity contribution in [2.75, 3.05) is 11.1 Å². The van der Waals surface area contributed by atoms with E-state index in [1.54, 1.807) is 6.20 Å². The lowest BCUT2D eigenvalue weighted by atomic mass is 9.93. The molecule has 1 aromatic rings. The summed E-state index contributed by atoms with van der Waals surface area (Å²) in [6.45, 7) is 1.98. The Morgan fingerprint density at radius 2 is 2.31 bits per heavy atom. The summed E-state index contributed by atoms with van der Waals surface area (Å²) < 4.78 is 0. The van der Waals surface area contributed by atoms with E-state index in [2.05, 4.69) is 16.4 Å². The van der Waals surface area contributed by atoms with E-state index in [9.17, 15) is 0 Å². The maximum Gasteiger partial charge on any atom is 0.126 e. The van der Waals surface area contributed by atoms with Gasteiger partial charge in [-0.25, -0.2) is 4.98 Å². The standard InChI is InChI=1S/C10H15N3/c1-7-5-9(6-12-10(7)11)13-8-3-2-4-8/h5-6,8,13H,2-4H2,1H3,(H2,11,12). The van der Waals surface area contributed by atoms with Gasteiger partial charge in [-0.3, -0.25) is 0 Å². The molecule has 0 aromatic carbocycles. The van der Waals surface area contributed by atoms with Crippen LogP contribution in [0.2, 0.25) is 0 Å². The SMILES string of the molecule is Cc1cc(NC2CCC2)cnc1N. The van der Waals surface area contributed by atoms with Crippen LogP contribution in [0.25, 0.3) is 0 Å². The number of nitrogens with zero attached hydrogens (tertiary/aromatic N) is 1. The second-order valence-electron chi connectivity index (χ2n) is 3.70. The van der Waals surface area contributed by atoms with Crippen molar-refractivity contribution >= 4 is 11.5 Å². The van der Waals surface area contributed by atoms with Crippen molar-refractivity contribution in [2.45, 2.75) is 32.2 Å². The molecular weight excluding hydrogens is 162 g/mol. The van der Waals surface area contributed by atoms with Gasteiger partial charge in [-0.2, -0.15) is 0 Å². The first-order valence-electron chi connectivity index (χ1n) is 4.74. The average molecular weight is 177 g/mol. The van der Waals surface area contributed by atoms with Crippen LogP contribution in [0.3, 0.4) is 0 Å². The summed E-state index contributed by atoms with van der Waals surface area (Å²) in [6, 6.07) is 2.71. The normalized spacial score (nSPS) is 16.7. The predicted octanol–water partition coefficient (Wildman–Crippen LogP) is 1.94. The highest BCUT2D eigenvalue weighted by atomic mass is 15.0. The van der Waals surface area contributed by atoms with Crippen LogP contribution < -0.4 is 11.1 Å². The molecule has 3 nitrogen and oxygen atoms in total. The Bertz CT molecular complexity index is 305. The minimum absolute atomic E-state index is 0.624. The number of aryl methyl sites for hydroxylation is 1. The number of nitrogens with one attached hydrogen (secondary N) is 1. The molecule has 13 heavy (non-hydrogen) atoms. The smallest absolute Gasteiger partial charge is 0.126 e. The lowest BCUT2D eigenvalue weighted by Crippen LogP contribution is -2.27. The minimum Gasteiger partial charge on any atom is -0.383 e. The van der Waals surface area contributed by atoms with Crippen LogP contribution in [-0.4, -0.2) is 11.0 Å². The minimum atomic E-state index is 0.624. The van der Waals surface area contributed by atoms with Gasteiger partial charge < -0.3 is 11.1 Å². The summed E-state index contributed by atoms with van der Waals surface area (Å²) in [5.41, 5.74) is 7.77. The zero-order valence-corrected chi connectivity index (χ0v) is 7.88. The molecule has 0 unspecified atom stereocenters. The summed E-state index contributed by atoms with van der Waals surface area (Å²) >= 11 is 0. The predicted molar refractivity (Wildman–Crippen MR) is 54.6 cm³/mol. The molecule has 70 valence electrons. The van der Waals surface area contributed by atoms with Crippen molar-refractivity contribution in [3.63, 3.8) is 0 Å². The fourth-order valence-corrected chi connectivity index (χ4v) is 1.45. The van der Waals surface area contributed by atoms with E-state index in [1.165, 1.54) is 19.3 Å². The van der Waals surface area contributed by atoms with Crippen LogP contribution >= 0.6 is 0 Å². The molecule has 0 saturated heterocycles. The van der Waals surface area contributed by atoms with Crippen molar-refractivity contribution in [1.29, 1.82) is 0 Å². The first kappa shape index (κ1) is 8.35. The van der Waals surface area contributed by atoms with Crippen LogP contribution in [0.5, 0.6) is 0 Å². The zero-order chi connectivity index (χ0) is 9.26. The van der Waals surface area contributed by atoms with Gasteiger partial charge in [0.1, 0.15) is 5.82 Å². The Morgan fingerprint density at radius 3 is 2.85 bits per heavy atom. The lowest BCUT2D eigenvalue weighted by Gasteiger charge is -2.27. The van der Waals surface area contributed by atoms with Gasteiger partial charge in [0.05, 0.1) is 11.9 Å². The van der Waals surface area contributed by atoms with E-state index in [0.717, 1.165) is 11.3 Å². The highest BCUT2D eigenvalue weighted by molar-refractivity contribution is 5.51. The third-order valence-electron chi connectivity index (χ3n) is 2.59. The monoisotopic (exact) mass is 177 g/mol. The number of hydrogen-bond donors (Lipinski definition) is 2. The maximum absolute atomic E-state index is 5.63.